The molecule has 3 aliphatic rings. The molecule has 0 radical (unpaired) electrons. The predicted octanol–water partition coefficient (Wildman–Crippen LogP) is -3.57. The molecule has 1 aromatic rings. The lowest BCUT2D eigenvalue weighted by Crippen LogP contribution is -2.60. The Kier molecular flexibility index (Phi) is 65.0. The molecule has 0 bridgehead atoms. The lowest BCUT2D eigenvalue weighted by molar-refractivity contribution is -0.170. The third-order valence-corrected chi connectivity index (χ3v) is 21.0. The summed E-state index contributed by atoms with van der Waals surface area (Å²) in [5.74, 6) is -17.0. The van der Waals surface area contributed by atoms with Gasteiger partial charge in [0.05, 0.1) is 85.0 Å². The molecule has 144 heavy (non-hydrogen) atoms. The summed E-state index contributed by atoms with van der Waals surface area (Å²) in [5, 5.41) is 52.8. The fourth-order valence-corrected chi connectivity index (χ4v) is 13.7. The number of imide groups is 2. The van der Waals surface area contributed by atoms with Crippen molar-refractivity contribution >= 4 is 136 Å². The van der Waals surface area contributed by atoms with E-state index in [0.29, 0.717) is 97.2 Å². The first-order chi connectivity index (χ1) is 69.3. The Bertz CT molecular complexity index is 4330. The number of fused-ring (bicyclic) bond motifs is 1. The number of esters is 1. The van der Waals surface area contributed by atoms with Crippen molar-refractivity contribution in [3.63, 3.8) is 0 Å². The fourth-order valence-electron chi connectivity index (χ4n) is 13.7. The molecule has 3 atom stereocenters. The second kappa shape index (κ2) is 75.8. The van der Waals surface area contributed by atoms with Crippen molar-refractivity contribution in [1.29, 1.82) is 0 Å². The number of carbonyl (C=O) groups is 22. The summed E-state index contributed by atoms with van der Waals surface area (Å²) in [6.45, 7) is 1.92. The van der Waals surface area contributed by atoms with E-state index in [1.54, 1.807) is 12.1 Å². The summed E-state index contributed by atoms with van der Waals surface area (Å²) in [4.78, 5) is 286. The van der Waals surface area contributed by atoms with E-state index < -0.39 is 158 Å². The third-order valence-electron chi connectivity index (χ3n) is 21.0. The number of hydrogen-bond donors (Lipinski definition) is 16. The molecule has 17 N–H and O–H groups in total. The smallest absolute Gasteiger partial charge is 0.312 e. The number of carbonyl (C=O) groups excluding carboxylic acids is 20. The largest absolute Gasteiger partial charge is 0.481 e. The van der Waals surface area contributed by atoms with Gasteiger partial charge in [-0.15, -0.1) is 0 Å². The van der Waals surface area contributed by atoms with Gasteiger partial charge in [0.1, 0.15) is 51.1 Å². The number of unbranched alkanes of at least 4 members (excludes halogenated alkanes) is 2. The van der Waals surface area contributed by atoms with E-state index in [-0.39, 0.29) is 289 Å². The van der Waals surface area contributed by atoms with Crippen LogP contribution in [0.5, 0.6) is 5.75 Å². The predicted molar refractivity (Wildman–Crippen MR) is 509 cm³/mol. The fraction of sp³-hybridized carbons (Fsp3) is 0.656. The normalized spacial score (nSPS) is 16.3. The van der Waals surface area contributed by atoms with Crippen LogP contribution >= 0.6 is 0 Å². The van der Waals surface area contributed by atoms with Crippen LogP contribution in [0.25, 0.3) is 0 Å². The maximum atomic E-state index is 14.4. The molecule has 0 fully saturated rings. The highest BCUT2D eigenvalue weighted by Crippen LogP contribution is 2.28. The maximum Gasteiger partial charge on any atom is 0.312 e. The average molecular weight is 2040 g/mol. The molecule has 0 spiro atoms. The quantitative estimate of drug-likeness (QED) is 0.00986. The maximum absolute atomic E-state index is 14.4. The van der Waals surface area contributed by atoms with Crippen molar-refractivity contribution in [3.05, 3.63) is 48.1 Å². The molecular weight excluding hydrogens is 1900 g/mol. The van der Waals surface area contributed by atoms with Gasteiger partial charge in [0.15, 0.2) is 5.75 Å². The second-order valence-electron chi connectivity index (χ2n) is 33.2. The van der Waals surface area contributed by atoms with Gasteiger partial charge in [0, 0.05) is 174 Å². The molecule has 51 heteroatoms. The number of hydrazine groups is 1. The zero-order valence-corrected chi connectivity index (χ0v) is 82.0. The number of nitrogens with one attached hydrogen (secondary N) is 13. The van der Waals surface area contributed by atoms with Gasteiger partial charge in [0.25, 0.3) is 35.4 Å². The van der Waals surface area contributed by atoms with Crippen LogP contribution < -0.4 is 79.6 Å². The van der Waals surface area contributed by atoms with E-state index in [0.717, 1.165) is 36.3 Å². The van der Waals surface area contributed by atoms with Crippen LogP contribution in [-0.4, -0.2) is 376 Å². The van der Waals surface area contributed by atoms with Crippen molar-refractivity contribution in [2.45, 2.75) is 198 Å². The Labute approximate surface area is 834 Å². The molecule has 0 aliphatic carbocycles. The molecule has 0 aromatic heterocycles. The van der Waals surface area contributed by atoms with Crippen molar-refractivity contribution in [2.75, 3.05) is 203 Å². The van der Waals surface area contributed by atoms with Crippen molar-refractivity contribution in [1.82, 2.24) is 83.6 Å². The number of rotatable bonds is 62. The van der Waals surface area contributed by atoms with E-state index in [1.807, 2.05) is 6.92 Å². The third kappa shape index (κ3) is 59.2. The van der Waals surface area contributed by atoms with Crippen molar-refractivity contribution < 1.29 is 158 Å². The number of carboxylic acid groups (broad SMARTS) is 2. The highest BCUT2D eigenvalue weighted by molar-refractivity contribution is 6.15. The Hall–Kier alpha value is -12.9. The minimum atomic E-state index is -1.29. The number of nitrogens with zero attached hydrogens (tertiary/aromatic N) is 4. The molecule has 804 valence electrons. The molecule has 19 amide bonds. The first kappa shape index (κ1) is 123. The van der Waals surface area contributed by atoms with Crippen LogP contribution in [0.15, 0.2) is 42.5 Å². The topological polar surface area (TPSA) is 694 Å². The van der Waals surface area contributed by atoms with Gasteiger partial charge in [-0.05, 0) is 120 Å². The number of benzene rings is 1. The van der Waals surface area contributed by atoms with Crippen LogP contribution in [-0.2, 0) is 150 Å². The number of aliphatic carboxylic acids is 2. The Morgan fingerprint density at radius 2 is 0.736 bits per heavy atom. The van der Waals surface area contributed by atoms with E-state index >= 15 is 0 Å². The number of ether oxygens (including phenoxy) is 9. The Balaban J connectivity index is 1.38. The number of hydrogen-bond acceptors (Lipinski definition) is 32. The van der Waals surface area contributed by atoms with Gasteiger partial charge in [-0.3, -0.25) is 115 Å². The zero-order chi connectivity index (χ0) is 105. The van der Waals surface area contributed by atoms with Gasteiger partial charge in [-0.1, -0.05) is 19.4 Å². The molecule has 4 rings (SSSR count). The van der Waals surface area contributed by atoms with Gasteiger partial charge in [-0.2, -0.15) is 0 Å². The van der Waals surface area contributed by atoms with Crippen molar-refractivity contribution in [3.8, 4) is 5.75 Å². The highest BCUT2D eigenvalue weighted by Gasteiger charge is 2.37. The first-order valence-corrected chi connectivity index (χ1v) is 48.7. The molecule has 51 nitrogen and oxygen atoms in total. The van der Waals surface area contributed by atoms with Gasteiger partial charge in [0.2, 0.25) is 76.8 Å². The summed E-state index contributed by atoms with van der Waals surface area (Å²) < 4.78 is 49.5. The molecule has 0 saturated carbocycles. The van der Waals surface area contributed by atoms with Crippen LogP contribution in [0.3, 0.4) is 0 Å². The lowest BCUT2D eigenvalue weighted by Gasteiger charge is -2.35. The van der Waals surface area contributed by atoms with E-state index in [9.17, 15) is 105 Å². The zero-order valence-electron chi connectivity index (χ0n) is 82.0. The average Bonchev–Trinajstić information content (AvgIpc) is 1.53. The summed E-state index contributed by atoms with van der Waals surface area (Å²) in [6, 6.07) is 2.25. The molecule has 1 aromatic carbocycles. The summed E-state index contributed by atoms with van der Waals surface area (Å²) in [5.41, 5.74) is 7.28. The number of anilines is 1. The van der Waals surface area contributed by atoms with Crippen molar-refractivity contribution in [2.24, 2.45) is 5.73 Å². The molecule has 0 saturated heterocycles. The summed E-state index contributed by atoms with van der Waals surface area (Å²) in [7, 11) is 0. The summed E-state index contributed by atoms with van der Waals surface area (Å²) in [6.07, 6.45) is 6.62. The summed E-state index contributed by atoms with van der Waals surface area (Å²) >= 11 is 0. The Morgan fingerprint density at radius 3 is 1.10 bits per heavy atom. The van der Waals surface area contributed by atoms with Crippen LogP contribution in [0.2, 0.25) is 0 Å². The minimum absolute atomic E-state index is 0.00175. The monoisotopic (exact) mass is 2040 g/mol. The highest BCUT2D eigenvalue weighted by atomic mass is 16.5. The van der Waals surface area contributed by atoms with Crippen LogP contribution in [0.1, 0.15) is 179 Å². The second-order valence-corrected chi connectivity index (χ2v) is 33.2. The molecule has 3 aliphatic heterocycles. The standard InChI is InChI=1S/C93H144N18O33/c1-2-15-67(94)58-66-26-27-71-70(59-66)107-78(118)20-9-36-103-92(134)68(16-3-5-32-95-72(112)21-11-42-136-50-54-140-46-38-99-74(114)23-13-44-138-52-56-142-48-40-101-79(119)60-89(129)130)105-76(116)18-7-34-97-81(121)62-110(87(127)64-108-83(123)28-29-84(108)124)111(88(128)65-109-85(125)30-31-86(109)126)63-82(122)98-35-8-19-77(117)106-69(93(135)104-37-10-25-91(133)144-71)17-4-6-33-96-73(113)22-12-43-137-51-55-141-47-39-100-75(115)24-14-45-139-53-57-143-49-41-102-80(120)61-90(131)132/h26-31,59,67-69H,2-25,32-58,60-65,94H2,1H3,(H,95,112)(H,96,113)(H,97,121)(H,98,122)(H,99,114)(H,100,115)(H,101,119)(H,102,120)(H,103,134)(H,104,135)(H,105,116)(H,106,117)(H,107,118)(H,129,130)(H,131,132)/t67-,68+,69+/m1/s1. The molecular formula is C93H144N18O33. The van der Waals surface area contributed by atoms with Gasteiger partial charge in [-0.25, -0.2) is 10.0 Å². The van der Waals surface area contributed by atoms with E-state index in [4.69, 9.17) is 58.6 Å². The van der Waals surface area contributed by atoms with E-state index in [1.165, 1.54) is 6.07 Å². The SMILES string of the molecule is CCC[C@@H](N)Cc1ccc2c(c1)NC(=O)CCCNC(=O)[C@H](CCCCNC(=O)CCCOCCOCCNC(=O)CCCOCCOCCNC(=O)CC(=O)O)NC(=O)CCCNC(=O)CN(C(=O)CN1C(=O)C=CC1=O)N(C(=O)CN1C(=O)C=CC1=O)CC(=O)NCCCC(=O)N[C@@H](CCCCNC(=O)CCCOCCOCCNC(=O)CCCOCCOCCNC(=O)CC(=O)O)C(=O)NCCCC(=O)O2. The lowest BCUT2D eigenvalue weighted by atomic mass is 10.0. The molecule has 0 unspecified atom stereocenters. The number of nitrogens with two attached hydrogens (primary N) is 1. The van der Waals surface area contributed by atoms with Gasteiger partial charge >= 0.3 is 17.9 Å². The van der Waals surface area contributed by atoms with Crippen LogP contribution in [0, 0.1) is 0 Å². The van der Waals surface area contributed by atoms with Gasteiger partial charge < -0.3 is 128 Å². The van der Waals surface area contributed by atoms with E-state index in [2.05, 4.69) is 69.1 Å². The first-order valence-electron chi connectivity index (χ1n) is 48.7. The number of amides is 19. The van der Waals surface area contributed by atoms with Crippen LogP contribution in [0.4, 0.5) is 5.69 Å². The minimum Gasteiger partial charge on any atom is -0.481 e. The molecule has 3 heterocycles. The number of carboxylic acids is 2. The Morgan fingerprint density at radius 1 is 0.403 bits per heavy atom.